The summed E-state index contributed by atoms with van der Waals surface area (Å²) in [5.41, 5.74) is 10.9. The maximum atomic E-state index is 12.1. The second kappa shape index (κ2) is 6.53. The SMILES string of the molecule is CN(C)C1(c2ccc(C(N)=O)c(C3=CCC4(CCCC4)CC3)c2)CCC1. The number of benzene rings is 1. The Morgan fingerprint density at radius 3 is 2.27 bits per heavy atom. The molecule has 0 radical (unpaired) electrons. The van der Waals surface area contributed by atoms with Gasteiger partial charge in [0.05, 0.1) is 0 Å². The van der Waals surface area contributed by atoms with E-state index in [0.29, 0.717) is 11.0 Å². The highest BCUT2D eigenvalue weighted by Gasteiger charge is 2.41. The summed E-state index contributed by atoms with van der Waals surface area (Å²) in [4.78, 5) is 14.4. The zero-order valence-corrected chi connectivity index (χ0v) is 16.3. The van der Waals surface area contributed by atoms with E-state index in [4.69, 9.17) is 5.73 Å². The Kier molecular flexibility index (Phi) is 4.46. The molecule has 2 fully saturated rings. The summed E-state index contributed by atoms with van der Waals surface area (Å²) in [6.45, 7) is 0. The van der Waals surface area contributed by atoms with Gasteiger partial charge in [-0.2, -0.15) is 0 Å². The highest BCUT2D eigenvalue weighted by molar-refractivity contribution is 5.98. The molecule has 0 saturated heterocycles. The summed E-state index contributed by atoms with van der Waals surface area (Å²) in [6.07, 6.45) is 15.1. The third-order valence-corrected chi connectivity index (χ3v) is 7.58. The standard InChI is InChI=1S/C23H32N2O/c1-25(2)23(12-5-13-23)18-6-7-19(21(24)26)20(16-18)17-8-14-22(15-9-17)10-3-4-11-22/h6-8,16H,3-5,9-15H2,1-2H3,(H2,24,26). The van der Waals surface area contributed by atoms with Crippen LogP contribution in [0.5, 0.6) is 0 Å². The molecular weight excluding hydrogens is 320 g/mol. The van der Waals surface area contributed by atoms with Gasteiger partial charge in [-0.3, -0.25) is 9.69 Å². The minimum atomic E-state index is -0.305. The molecule has 3 aliphatic rings. The summed E-state index contributed by atoms with van der Waals surface area (Å²) in [5, 5.41) is 0. The predicted molar refractivity (Wildman–Crippen MR) is 107 cm³/mol. The van der Waals surface area contributed by atoms with Crippen LogP contribution in [-0.2, 0) is 5.54 Å². The molecule has 3 nitrogen and oxygen atoms in total. The second-order valence-electron chi connectivity index (χ2n) is 9.04. The Morgan fingerprint density at radius 1 is 1.04 bits per heavy atom. The summed E-state index contributed by atoms with van der Waals surface area (Å²) in [6, 6.07) is 6.37. The average Bonchev–Trinajstić information content (AvgIpc) is 3.02. The van der Waals surface area contributed by atoms with Crippen LogP contribution in [0.1, 0.15) is 85.7 Å². The minimum absolute atomic E-state index is 0.132. The summed E-state index contributed by atoms with van der Waals surface area (Å²) in [5.74, 6) is -0.305. The highest BCUT2D eigenvalue weighted by Crippen LogP contribution is 2.51. The molecule has 26 heavy (non-hydrogen) atoms. The van der Waals surface area contributed by atoms with E-state index < -0.39 is 0 Å². The van der Waals surface area contributed by atoms with Gasteiger partial charge in [-0.15, -0.1) is 0 Å². The monoisotopic (exact) mass is 352 g/mol. The molecule has 1 aromatic carbocycles. The lowest BCUT2D eigenvalue weighted by molar-refractivity contribution is 0.0576. The molecule has 4 rings (SSSR count). The molecule has 0 heterocycles. The number of amides is 1. The van der Waals surface area contributed by atoms with E-state index in [-0.39, 0.29) is 11.4 Å². The van der Waals surface area contributed by atoms with Crippen molar-refractivity contribution < 1.29 is 4.79 Å². The molecule has 0 aromatic heterocycles. The van der Waals surface area contributed by atoms with E-state index in [1.807, 2.05) is 6.07 Å². The van der Waals surface area contributed by atoms with Crippen molar-refractivity contribution in [1.82, 2.24) is 4.90 Å². The normalized spacial score (nSPS) is 23.7. The van der Waals surface area contributed by atoms with Crippen LogP contribution in [0.15, 0.2) is 24.3 Å². The van der Waals surface area contributed by atoms with E-state index in [1.165, 1.54) is 68.9 Å². The van der Waals surface area contributed by atoms with Gasteiger partial charge in [0.2, 0.25) is 5.91 Å². The lowest BCUT2D eigenvalue weighted by Gasteiger charge is -2.48. The molecule has 2 saturated carbocycles. The number of primary amides is 1. The number of carbonyl (C=O) groups is 1. The fraction of sp³-hybridized carbons (Fsp3) is 0.609. The summed E-state index contributed by atoms with van der Waals surface area (Å²) < 4.78 is 0. The number of nitrogens with zero attached hydrogens (tertiary/aromatic N) is 1. The van der Waals surface area contributed by atoms with Gasteiger partial charge in [0.1, 0.15) is 0 Å². The van der Waals surface area contributed by atoms with Gasteiger partial charge in [0.25, 0.3) is 0 Å². The van der Waals surface area contributed by atoms with Crippen LogP contribution in [0.3, 0.4) is 0 Å². The first-order chi connectivity index (χ1) is 12.5. The molecular formula is C23H32N2O. The third kappa shape index (κ3) is 2.81. The maximum Gasteiger partial charge on any atom is 0.249 e. The molecule has 0 aliphatic heterocycles. The van der Waals surface area contributed by atoms with Gasteiger partial charge in [0, 0.05) is 11.1 Å². The topological polar surface area (TPSA) is 46.3 Å². The number of carbonyl (C=O) groups excluding carboxylic acids is 1. The predicted octanol–water partition coefficient (Wildman–Crippen LogP) is 4.85. The number of hydrogen-bond donors (Lipinski definition) is 1. The molecule has 2 N–H and O–H groups in total. The molecule has 0 atom stereocenters. The zero-order valence-electron chi connectivity index (χ0n) is 16.3. The van der Waals surface area contributed by atoms with Crippen LogP contribution in [0.25, 0.3) is 5.57 Å². The quantitative estimate of drug-likeness (QED) is 0.841. The summed E-state index contributed by atoms with van der Waals surface area (Å²) >= 11 is 0. The maximum absolute atomic E-state index is 12.1. The Labute approximate surface area is 157 Å². The van der Waals surface area contributed by atoms with Crippen LogP contribution < -0.4 is 5.73 Å². The van der Waals surface area contributed by atoms with Crippen molar-refractivity contribution in [3.05, 3.63) is 41.0 Å². The number of nitrogens with two attached hydrogens (primary N) is 1. The molecule has 140 valence electrons. The van der Waals surface area contributed by atoms with Crippen molar-refractivity contribution in [3.63, 3.8) is 0 Å². The fourth-order valence-corrected chi connectivity index (χ4v) is 5.59. The van der Waals surface area contributed by atoms with Gasteiger partial charge >= 0.3 is 0 Å². The zero-order chi connectivity index (χ0) is 18.4. The Balaban J connectivity index is 1.71. The van der Waals surface area contributed by atoms with Gasteiger partial charge in [0.15, 0.2) is 0 Å². The van der Waals surface area contributed by atoms with Crippen LogP contribution >= 0.6 is 0 Å². The van der Waals surface area contributed by atoms with E-state index in [9.17, 15) is 4.79 Å². The molecule has 1 amide bonds. The Morgan fingerprint density at radius 2 is 1.77 bits per heavy atom. The van der Waals surface area contributed by atoms with E-state index in [1.54, 1.807) is 0 Å². The van der Waals surface area contributed by atoms with Crippen molar-refractivity contribution >= 4 is 11.5 Å². The number of allylic oxidation sites excluding steroid dienone is 2. The summed E-state index contributed by atoms with van der Waals surface area (Å²) in [7, 11) is 4.34. The van der Waals surface area contributed by atoms with Crippen molar-refractivity contribution in [1.29, 1.82) is 0 Å². The van der Waals surface area contributed by atoms with Crippen molar-refractivity contribution in [3.8, 4) is 0 Å². The fourth-order valence-electron chi connectivity index (χ4n) is 5.59. The Bertz CT molecular complexity index is 737. The Hall–Kier alpha value is -1.61. The largest absolute Gasteiger partial charge is 0.366 e. The van der Waals surface area contributed by atoms with Crippen molar-refractivity contribution in [2.75, 3.05) is 14.1 Å². The molecule has 0 unspecified atom stereocenters. The van der Waals surface area contributed by atoms with E-state index >= 15 is 0 Å². The molecule has 1 aromatic rings. The minimum Gasteiger partial charge on any atom is -0.366 e. The first-order valence-corrected chi connectivity index (χ1v) is 10.3. The number of hydrogen-bond acceptors (Lipinski definition) is 2. The average molecular weight is 353 g/mol. The van der Waals surface area contributed by atoms with Crippen LogP contribution in [0.2, 0.25) is 0 Å². The van der Waals surface area contributed by atoms with Crippen LogP contribution in [0, 0.1) is 5.41 Å². The highest BCUT2D eigenvalue weighted by atomic mass is 16.1. The van der Waals surface area contributed by atoms with E-state index in [0.717, 1.165) is 12.0 Å². The first kappa shape index (κ1) is 17.8. The van der Waals surface area contributed by atoms with Gasteiger partial charge in [-0.25, -0.2) is 0 Å². The van der Waals surface area contributed by atoms with Crippen LogP contribution in [0.4, 0.5) is 0 Å². The smallest absolute Gasteiger partial charge is 0.249 e. The second-order valence-corrected chi connectivity index (χ2v) is 9.04. The van der Waals surface area contributed by atoms with Gasteiger partial charge in [-0.1, -0.05) is 25.0 Å². The number of rotatable bonds is 4. The lowest BCUT2D eigenvalue weighted by Crippen LogP contribution is -2.47. The third-order valence-electron chi connectivity index (χ3n) is 7.58. The van der Waals surface area contributed by atoms with Crippen molar-refractivity contribution in [2.24, 2.45) is 11.1 Å². The van der Waals surface area contributed by atoms with E-state index in [2.05, 4.69) is 37.2 Å². The molecule has 3 heteroatoms. The van der Waals surface area contributed by atoms with Gasteiger partial charge < -0.3 is 5.73 Å². The van der Waals surface area contributed by atoms with Gasteiger partial charge in [-0.05, 0) is 99.7 Å². The van der Waals surface area contributed by atoms with Crippen LogP contribution in [-0.4, -0.2) is 24.9 Å². The first-order valence-electron chi connectivity index (χ1n) is 10.3. The molecule has 0 bridgehead atoms. The lowest BCUT2D eigenvalue weighted by atomic mass is 9.69. The molecule has 1 spiro atoms. The molecule has 3 aliphatic carbocycles. The van der Waals surface area contributed by atoms with Crippen molar-refractivity contribution in [2.45, 2.75) is 69.7 Å².